The van der Waals surface area contributed by atoms with Gasteiger partial charge in [0.1, 0.15) is 10.8 Å². The summed E-state index contributed by atoms with van der Waals surface area (Å²) < 4.78 is 4.26. The van der Waals surface area contributed by atoms with Crippen LogP contribution in [0, 0.1) is 5.92 Å². The third kappa shape index (κ3) is 3.33. The molecule has 2 unspecified atom stereocenters. The number of nitrogen functional groups attached to an aromatic ring is 1. The molecule has 0 aromatic carbocycles. The first-order chi connectivity index (χ1) is 10.2. The highest BCUT2D eigenvalue weighted by Gasteiger charge is 2.21. The Morgan fingerprint density at radius 3 is 2.90 bits per heavy atom. The molecule has 6 heteroatoms. The summed E-state index contributed by atoms with van der Waals surface area (Å²) in [5.74, 6) is 1.07. The number of aromatic nitrogens is 2. The van der Waals surface area contributed by atoms with Gasteiger partial charge in [-0.1, -0.05) is 6.42 Å². The number of anilines is 2. The van der Waals surface area contributed by atoms with Gasteiger partial charge in [0.15, 0.2) is 0 Å². The van der Waals surface area contributed by atoms with E-state index in [-0.39, 0.29) is 6.10 Å². The molecule has 1 aliphatic carbocycles. The highest BCUT2D eigenvalue weighted by Crippen LogP contribution is 2.37. The molecule has 112 valence electrons. The number of nitrogens with one attached hydrogen (secondary N) is 1. The lowest BCUT2D eigenvalue weighted by molar-refractivity contribution is 0.105. The van der Waals surface area contributed by atoms with Gasteiger partial charge in [-0.3, -0.25) is 4.98 Å². The molecule has 0 amide bonds. The molecule has 5 nitrogen and oxygen atoms in total. The molecular weight excluding hydrogens is 284 g/mol. The fourth-order valence-electron chi connectivity index (χ4n) is 2.91. The fourth-order valence-corrected chi connectivity index (χ4v) is 3.65. The van der Waals surface area contributed by atoms with E-state index in [1.165, 1.54) is 18.0 Å². The molecule has 2 aromatic rings. The first-order valence-electron chi connectivity index (χ1n) is 7.31. The first kappa shape index (κ1) is 14.3. The van der Waals surface area contributed by atoms with E-state index >= 15 is 0 Å². The van der Waals surface area contributed by atoms with E-state index < -0.39 is 0 Å². The SMILES string of the molecule is Nc1nsc(NCC2CCCC(O)C2)c1-c1ccncc1. The normalized spacial score (nSPS) is 22.1. The molecule has 1 fully saturated rings. The van der Waals surface area contributed by atoms with E-state index in [0.29, 0.717) is 11.7 Å². The molecule has 2 atom stereocenters. The van der Waals surface area contributed by atoms with Crippen LogP contribution in [0.5, 0.6) is 0 Å². The van der Waals surface area contributed by atoms with Crippen LogP contribution in [0.15, 0.2) is 24.5 Å². The van der Waals surface area contributed by atoms with Crippen LogP contribution in [-0.2, 0) is 0 Å². The quantitative estimate of drug-likeness (QED) is 0.809. The van der Waals surface area contributed by atoms with E-state index in [1.54, 1.807) is 12.4 Å². The van der Waals surface area contributed by atoms with Gasteiger partial charge in [-0.2, -0.15) is 4.37 Å². The number of aliphatic hydroxyl groups excluding tert-OH is 1. The molecule has 3 rings (SSSR count). The van der Waals surface area contributed by atoms with Crippen LogP contribution < -0.4 is 11.1 Å². The maximum atomic E-state index is 9.75. The zero-order valence-electron chi connectivity index (χ0n) is 11.8. The lowest BCUT2D eigenvalue weighted by Crippen LogP contribution is -2.24. The van der Waals surface area contributed by atoms with Gasteiger partial charge in [0.25, 0.3) is 0 Å². The lowest BCUT2D eigenvalue weighted by Gasteiger charge is -2.26. The highest BCUT2D eigenvalue weighted by molar-refractivity contribution is 7.11. The Balaban J connectivity index is 1.72. The van der Waals surface area contributed by atoms with Gasteiger partial charge in [0.05, 0.1) is 11.7 Å². The molecule has 1 aliphatic rings. The van der Waals surface area contributed by atoms with E-state index in [0.717, 1.165) is 41.9 Å². The van der Waals surface area contributed by atoms with Gasteiger partial charge < -0.3 is 16.2 Å². The molecule has 2 heterocycles. The molecule has 21 heavy (non-hydrogen) atoms. The second kappa shape index (κ2) is 6.41. The van der Waals surface area contributed by atoms with Gasteiger partial charge in [0, 0.05) is 18.9 Å². The number of aliphatic hydroxyl groups is 1. The molecule has 1 saturated carbocycles. The topological polar surface area (TPSA) is 84.1 Å². The van der Waals surface area contributed by atoms with Crippen molar-refractivity contribution in [2.75, 3.05) is 17.6 Å². The van der Waals surface area contributed by atoms with Crippen molar-refractivity contribution in [3.63, 3.8) is 0 Å². The standard InChI is InChI=1S/C15H20N4OS/c16-14-13(11-4-6-17-7-5-11)15(21-19-14)18-9-10-2-1-3-12(20)8-10/h4-7,10,12,18,20H,1-3,8-9H2,(H2,16,19). The Morgan fingerprint density at radius 1 is 1.33 bits per heavy atom. The summed E-state index contributed by atoms with van der Waals surface area (Å²) in [5, 5.41) is 14.2. The summed E-state index contributed by atoms with van der Waals surface area (Å²) in [7, 11) is 0. The number of nitrogens with zero attached hydrogens (tertiary/aromatic N) is 2. The van der Waals surface area contributed by atoms with Crippen LogP contribution in [0.1, 0.15) is 25.7 Å². The average Bonchev–Trinajstić information content (AvgIpc) is 2.87. The summed E-state index contributed by atoms with van der Waals surface area (Å²) >= 11 is 1.39. The second-order valence-corrected chi connectivity index (χ2v) is 6.35. The fraction of sp³-hybridized carbons (Fsp3) is 0.467. The Morgan fingerprint density at radius 2 is 2.14 bits per heavy atom. The number of hydrogen-bond acceptors (Lipinski definition) is 6. The van der Waals surface area contributed by atoms with Crippen LogP contribution in [0.3, 0.4) is 0 Å². The van der Waals surface area contributed by atoms with Gasteiger partial charge in [0.2, 0.25) is 0 Å². The maximum absolute atomic E-state index is 9.75. The van der Waals surface area contributed by atoms with Gasteiger partial charge >= 0.3 is 0 Å². The molecule has 0 spiro atoms. The summed E-state index contributed by atoms with van der Waals surface area (Å²) in [5.41, 5.74) is 7.99. The number of pyridine rings is 1. The van der Waals surface area contributed by atoms with E-state index in [2.05, 4.69) is 14.7 Å². The maximum Gasteiger partial charge on any atom is 0.147 e. The van der Waals surface area contributed by atoms with Crippen LogP contribution in [-0.4, -0.2) is 27.1 Å². The van der Waals surface area contributed by atoms with Crippen LogP contribution in [0.25, 0.3) is 11.1 Å². The Bertz CT molecular complexity index is 587. The summed E-state index contributed by atoms with van der Waals surface area (Å²) in [4.78, 5) is 4.04. The zero-order valence-corrected chi connectivity index (χ0v) is 12.6. The monoisotopic (exact) mass is 304 g/mol. The minimum atomic E-state index is -0.142. The second-order valence-electron chi connectivity index (χ2n) is 5.58. The molecular formula is C15H20N4OS. The average molecular weight is 304 g/mol. The largest absolute Gasteiger partial charge is 0.393 e. The van der Waals surface area contributed by atoms with Crippen LogP contribution in [0.4, 0.5) is 10.8 Å². The minimum Gasteiger partial charge on any atom is -0.393 e. The number of hydrogen-bond donors (Lipinski definition) is 3. The van der Waals surface area contributed by atoms with Gasteiger partial charge in [-0.25, -0.2) is 0 Å². The van der Waals surface area contributed by atoms with Gasteiger partial charge in [-0.05, 0) is 54.4 Å². The Hall–Kier alpha value is -1.66. The predicted octanol–water partition coefficient (Wildman–Crippen LogP) is 2.75. The summed E-state index contributed by atoms with van der Waals surface area (Å²) in [6.07, 6.45) is 7.47. The summed E-state index contributed by atoms with van der Waals surface area (Å²) in [6, 6.07) is 3.88. The van der Waals surface area contributed by atoms with Crippen molar-refractivity contribution in [1.29, 1.82) is 0 Å². The van der Waals surface area contributed by atoms with E-state index in [4.69, 9.17) is 5.73 Å². The van der Waals surface area contributed by atoms with Crippen molar-refractivity contribution in [2.24, 2.45) is 5.92 Å². The summed E-state index contributed by atoms with van der Waals surface area (Å²) in [6.45, 7) is 0.858. The van der Waals surface area contributed by atoms with Crippen molar-refractivity contribution in [2.45, 2.75) is 31.8 Å². The Labute approximate surface area is 128 Å². The lowest BCUT2D eigenvalue weighted by atomic mass is 9.87. The molecule has 0 aliphatic heterocycles. The number of rotatable bonds is 4. The van der Waals surface area contributed by atoms with Crippen molar-refractivity contribution in [1.82, 2.24) is 9.36 Å². The van der Waals surface area contributed by atoms with Crippen molar-refractivity contribution < 1.29 is 5.11 Å². The third-order valence-electron chi connectivity index (χ3n) is 3.99. The molecule has 0 saturated heterocycles. The smallest absolute Gasteiger partial charge is 0.147 e. The molecule has 2 aromatic heterocycles. The number of nitrogens with two attached hydrogens (primary N) is 1. The molecule has 0 radical (unpaired) electrons. The first-order valence-corrected chi connectivity index (χ1v) is 8.09. The van der Waals surface area contributed by atoms with Crippen molar-refractivity contribution in [3.8, 4) is 11.1 Å². The predicted molar refractivity (Wildman–Crippen MR) is 86.2 cm³/mol. The molecule has 0 bridgehead atoms. The van der Waals surface area contributed by atoms with Gasteiger partial charge in [-0.15, -0.1) is 0 Å². The Kier molecular flexibility index (Phi) is 4.36. The van der Waals surface area contributed by atoms with E-state index in [9.17, 15) is 5.11 Å². The van der Waals surface area contributed by atoms with Crippen LogP contribution >= 0.6 is 11.5 Å². The van der Waals surface area contributed by atoms with Crippen LogP contribution in [0.2, 0.25) is 0 Å². The highest BCUT2D eigenvalue weighted by atomic mass is 32.1. The zero-order chi connectivity index (χ0) is 14.7. The molecule has 4 N–H and O–H groups in total. The van der Waals surface area contributed by atoms with Crippen molar-refractivity contribution in [3.05, 3.63) is 24.5 Å². The third-order valence-corrected chi connectivity index (χ3v) is 4.81. The minimum absolute atomic E-state index is 0.142. The van der Waals surface area contributed by atoms with E-state index in [1.807, 2.05) is 12.1 Å². The van der Waals surface area contributed by atoms with Crippen molar-refractivity contribution >= 4 is 22.4 Å².